The molecule has 1 aromatic carbocycles. The second-order valence-corrected chi connectivity index (χ2v) is 11.6. The number of carbonyl (C=O) groups is 1. The van der Waals surface area contributed by atoms with Crippen molar-refractivity contribution in [2.75, 3.05) is 31.2 Å². The smallest absolute Gasteiger partial charge is 0.410 e. The molecule has 0 spiro atoms. The first kappa shape index (κ1) is 24.4. The van der Waals surface area contributed by atoms with Gasteiger partial charge in [0.05, 0.1) is 29.8 Å². The molecule has 2 saturated heterocycles. The highest BCUT2D eigenvalue weighted by Gasteiger charge is 2.46. The van der Waals surface area contributed by atoms with E-state index in [0.717, 1.165) is 25.7 Å². The van der Waals surface area contributed by atoms with Crippen LogP contribution in [0.25, 0.3) is 10.9 Å². The van der Waals surface area contributed by atoms with Crippen LogP contribution in [0.1, 0.15) is 46.5 Å². The summed E-state index contributed by atoms with van der Waals surface area (Å²) in [5, 5.41) is 9.84. The van der Waals surface area contributed by atoms with Crippen molar-refractivity contribution in [2.45, 2.75) is 64.1 Å². The van der Waals surface area contributed by atoms with Crippen LogP contribution in [0.2, 0.25) is 0 Å². The summed E-state index contributed by atoms with van der Waals surface area (Å²) in [7, 11) is 0. The van der Waals surface area contributed by atoms with Gasteiger partial charge in [0.2, 0.25) is 0 Å². The Labute approximate surface area is 210 Å². The molecule has 5 rings (SSSR count). The van der Waals surface area contributed by atoms with Crippen molar-refractivity contribution in [2.24, 2.45) is 5.41 Å². The topological polar surface area (TPSA) is 88.0 Å². The highest BCUT2D eigenvalue weighted by Crippen LogP contribution is 2.45. The molecule has 0 radical (unpaired) electrons. The van der Waals surface area contributed by atoms with Gasteiger partial charge in [-0.15, -0.1) is 0 Å². The summed E-state index contributed by atoms with van der Waals surface area (Å²) in [6.45, 7) is 6.61. The van der Waals surface area contributed by atoms with Crippen molar-refractivity contribution in [3.8, 4) is 6.01 Å². The van der Waals surface area contributed by atoms with Crippen LogP contribution in [0, 0.1) is 17.0 Å². The molecule has 1 aromatic heterocycles. The minimum absolute atomic E-state index is 0.00541. The van der Waals surface area contributed by atoms with Crippen molar-refractivity contribution in [1.82, 2.24) is 14.9 Å². The number of aliphatic hydroxyl groups excluding tert-OH is 1. The number of carbonyl (C=O) groups excluding carboxylic acids is 1. The molecule has 8 nitrogen and oxygen atoms in total. The zero-order valence-electron chi connectivity index (χ0n) is 20.0. The maximum absolute atomic E-state index is 15.1. The Morgan fingerprint density at radius 1 is 1.23 bits per heavy atom. The molecular weight excluding hydrogens is 526 g/mol. The third kappa shape index (κ3) is 4.64. The average molecular weight is 555 g/mol. The van der Waals surface area contributed by atoms with E-state index in [9.17, 15) is 14.3 Å². The third-order valence-electron chi connectivity index (χ3n) is 6.97. The van der Waals surface area contributed by atoms with Crippen molar-refractivity contribution in [1.29, 1.82) is 0 Å². The van der Waals surface area contributed by atoms with Crippen LogP contribution < -0.4 is 9.64 Å². The fourth-order valence-corrected chi connectivity index (χ4v) is 5.18. The normalized spacial score (nSPS) is 23.1. The van der Waals surface area contributed by atoms with Gasteiger partial charge >= 0.3 is 12.1 Å². The van der Waals surface area contributed by atoms with E-state index in [1.165, 1.54) is 6.07 Å². The SMILES string of the molecule is CC(C)(C)OC(=O)N1C2CCC1CN(c1nc(OCC3(CO)CC3)nc3c(F)c(Br)c(F)cc13)C2. The van der Waals surface area contributed by atoms with Crippen LogP contribution in [0.3, 0.4) is 0 Å². The molecule has 2 aliphatic heterocycles. The number of hydrogen-bond donors (Lipinski definition) is 1. The summed E-state index contributed by atoms with van der Waals surface area (Å²) in [5.74, 6) is -1.21. The Hall–Kier alpha value is -2.27. The number of hydrogen-bond acceptors (Lipinski definition) is 7. The fourth-order valence-electron chi connectivity index (χ4n) is 4.87. The Balaban J connectivity index is 1.48. The molecular formula is C24H29BrF2N4O4. The van der Waals surface area contributed by atoms with Crippen molar-refractivity contribution in [3.05, 3.63) is 22.2 Å². The van der Waals surface area contributed by atoms with Crippen LogP contribution in [0.5, 0.6) is 6.01 Å². The van der Waals surface area contributed by atoms with Crippen LogP contribution in [0.4, 0.5) is 19.4 Å². The number of anilines is 1. The highest BCUT2D eigenvalue weighted by atomic mass is 79.9. The molecule has 1 N–H and O–H groups in total. The van der Waals surface area contributed by atoms with E-state index < -0.39 is 17.2 Å². The second-order valence-electron chi connectivity index (χ2n) is 10.8. The largest absolute Gasteiger partial charge is 0.463 e. The molecule has 3 fully saturated rings. The standard InChI is InChI=1S/C24H29BrF2N4O4/c1-23(2,3)35-22(33)31-13-4-5-14(31)10-30(9-13)20-15-8-16(26)17(25)18(27)19(15)28-21(29-20)34-12-24(11-32)6-7-24/h8,13-14,32H,4-7,9-12H2,1-3H3. The van der Waals surface area contributed by atoms with E-state index in [2.05, 4.69) is 25.9 Å². The van der Waals surface area contributed by atoms with Gasteiger partial charge in [0, 0.05) is 23.9 Å². The molecule has 2 aromatic rings. The van der Waals surface area contributed by atoms with Gasteiger partial charge in [0.1, 0.15) is 22.8 Å². The van der Waals surface area contributed by atoms with Crippen LogP contribution in [-0.2, 0) is 4.74 Å². The number of amides is 1. The number of benzene rings is 1. The predicted octanol–water partition coefficient (Wildman–Crippen LogP) is 4.41. The number of piperazine rings is 1. The zero-order chi connectivity index (χ0) is 25.1. The van der Waals surface area contributed by atoms with Gasteiger partial charge in [-0.25, -0.2) is 13.6 Å². The molecule has 11 heteroatoms. The number of rotatable bonds is 5. The summed E-state index contributed by atoms with van der Waals surface area (Å²) in [6.07, 6.45) is 2.94. The van der Waals surface area contributed by atoms with Crippen molar-refractivity contribution in [3.63, 3.8) is 0 Å². The quantitative estimate of drug-likeness (QED) is 0.547. The lowest BCUT2D eigenvalue weighted by Crippen LogP contribution is -2.57. The van der Waals surface area contributed by atoms with Gasteiger partial charge in [-0.3, -0.25) is 4.90 Å². The minimum atomic E-state index is -0.827. The van der Waals surface area contributed by atoms with Gasteiger partial charge < -0.3 is 19.5 Å². The van der Waals surface area contributed by atoms with E-state index >= 15 is 4.39 Å². The lowest BCUT2D eigenvalue weighted by atomic mass is 10.1. The molecule has 1 saturated carbocycles. The van der Waals surface area contributed by atoms with E-state index in [1.807, 2.05) is 25.7 Å². The zero-order valence-corrected chi connectivity index (χ0v) is 21.6. The van der Waals surface area contributed by atoms with Crippen LogP contribution in [-0.4, -0.2) is 70.1 Å². The van der Waals surface area contributed by atoms with E-state index in [0.29, 0.717) is 18.9 Å². The Kier molecular flexibility index (Phi) is 6.06. The first-order chi connectivity index (χ1) is 16.5. The Morgan fingerprint density at radius 3 is 2.46 bits per heavy atom. The lowest BCUT2D eigenvalue weighted by molar-refractivity contribution is 0.0122. The third-order valence-corrected chi connectivity index (χ3v) is 7.70. The summed E-state index contributed by atoms with van der Waals surface area (Å²) in [5.41, 5.74) is -0.953. The summed E-state index contributed by atoms with van der Waals surface area (Å²) in [6, 6.07) is 0.992. The van der Waals surface area contributed by atoms with Crippen molar-refractivity contribution >= 4 is 38.7 Å². The molecule has 3 heterocycles. The molecule has 2 atom stereocenters. The summed E-state index contributed by atoms with van der Waals surface area (Å²) < 4.78 is 40.7. The number of nitrogens with zero attached hydrogens (tertiary/aromatic N) is 4. The monoisotopic (exact) mass is 554 g/mol. The maximum Gasteiger partial charge on any atom is 0.410 e. The lowest BCUT2D eigenvalue weighted by Gasteiger charge is -2.42. The Bertz CT molecular complexity index is 1160. The molecule has 1 amide bonds. The molecule has 190 valence electrons. The number of aromatic nitrogens is 2. The first-order valence-corrected chi connectivity index (χ1v) is 12.6. The fraction of sp³-hybridized carbons (Fsp3) is 0.625. The average Bonchev–Trinajstić information content (AvgIpc) is 3.53. The summed E-state index contributed by atoms with van der Waals surface area (Å²) >= 11 is 2.96. The van der Waals surface area contributed by atoms with Crippen LogP contribution >= 0.6 is 15.9 Å². The highest BCUT2D eigenvalue weighted by molar-refractivity contribution is 9.10. The minimum Gasteiger partial charge on any atom is -0.463 e. The number of ether oxygens (including phenoxy) is 2. The van der Waals surface area contributed by atoms with Gasteiger partial charge in [-0.1, -0.05) is 0 Å². The van der Waals surface area contributed by atoms with E-state index in [1.54, 1.807) is 4.90 Å². The Morgan fingerprint density at radius 2 is 1.89 bits per heavy atom. The second kappa shape index (κ2) is 8.69. The molecule has 35 heavy (non-hydrogen) atoms. The molecule has 1 aliphatic carbocycles. The summed E-state index contributed by atoms with van der Waals surface area (Å²) in [4.78, 5) is 25.4. The molecule has 2 bridgehead atoms. The van der Waals surface area contributed by atoms with E-state index in [-0.39, 0.29) is 58.2 Å². The predicted molar refractivity (Wildman–Crippen MR) is 128 cm³/mol. The van der Waals surface area contributed by atoms with Crippen LogP contribution in [0.15, 0.2) is 10.5 Å². The molecule has 3 aliphatic rings. The molecule has 2 unspecified atom stereocenters. The number of aliphatic hydroxyl groups is 1. The number of halogens is 3. The van der Waals surface area contributed by atoms with Gasteiger partial charge in [0.25, 0.3) is 0 Å². The van der Waals surface area contributed by atoms with Gasteiger partial charge in [-0.2, -0.15) is 9.97 Å². The van der Waals surface area contributed by atoms with E-state index in [4.69, 9.17) is 9.47 Å². The van der Waals surface area contributed by atoms with Crippen molar-refractivity contribution < 1.29 is 28.2 Å². The first-order valence-electron chi connectivity index (χ1n) is 11.9. The van der Waals surface area contributed by atoms with Gasteiger partial charge in [-0.05, 0) is 68.5 Å². The number of fused-ring (bicyclic) bond motifs is 3. The van der Waals surface area contributed by atoms with Gasteiger partial charge in [0.15, 0.2) is 5.82 Å². The maximum atomic E-state index is 15.1.